The molecule has 0 bridgehead atoms. The Bertz CT molecular complexity index is 2790. The van der Waals surface area contributed by atoms with E-state index in [1.54, 1.807) is 48.7 Å². The normalized spacial score (nSPS) is 12.2. The third kappa shape index (κ3) is 20.0. The van der Waals surface area contributed by atoms with Crippen molar-refractivity contribution in [2.45, 2.75) is 26.2 Å². The highest BCUT2D eigenvalue weighted by Crippen LogP contribution is 2.09. The number of aromatic nitrogens is 6. The lowest BCUT2D eigenvalue weighted by Crippen LogP contribution is -3.00. The zero-order valence-corrected chi connectivity index (χ0v) is 40.3. The summed E-state index contributed by atoms with van der Waals surface area (Å²) in [5.41, 5.74) is 2.42. The molecule has 67 heavy (non-hydrogen) atoms. The van der Waals surface area contributed by atoms with Crippen LogP contribution in [-0.2, 0) is 47.8 Å². The van der Waals surface area contributed by atoms with Gasteiger partial charge in [-0.25, -0.2) is 17.6 Å². The van der Waals surface area contributed by atoms with E-state index in [9.17, 15) is 33.4 Å². The summed E-state index contributed by atoms with van der Waals surface area (Å²) in [4.78, 5) is 4.28. The molecule has 6 heterocycles. The maximum atomic E-state index is 9.26. The molecule has 0 saturated heterocycles. The molecular weight excluding hydrogens is 1020 g/mol. The third-order valence-electron chi connectivity index (χ3n) is 8.40. The van der Waals surface area contributed by atoms with Gasteiger partial charge in [0.1, 0.15) is 25.8 Å². The number of aliphatic hydroxyl groups excluding tert-OH is 4. The molecule has 4 N–H and O–H groups in total. The number of aryl methyl sites for hydroxylation is 1. The highest BCUT2D eigenvalue weighted by molar-refractivity contribution is 7.80. The van der Waals surface area contributed by atoms with E-state index in [0.29, 0.717) is 60.3 Å². The summed E-state index contributed by atoms with van der Waals surface area (Å²) in [5.74, 6) is 1.73. The summed E-state index contributed by atoms with van der Waals surface area (Å²) in [6, 6.07) is 33.1. The van der Waals surface area contributed by atoms with Gasteiger partial charge in [-0.05, 0) is 64.8 Å². The number of hydrogen-bond donors (Lipinski definition) is 4. The van der Waals surface area contributed by atoms with Gasteiger partial charge in [0.2, 0.25) is 16.2 Å². The molecule has 0 aliphatic heterocycles. The summed E-state index contributed by atoms with van der Waals surface area (Å²) < 4.78 is 40.1. The van der Waals surface area contributed by atoms with Crippen LogP contribution >= 0.6 is 0 Å². The second kappa shape index (κ2) is 31.6. The molecule has 0 aliphatic carbocycles. The van der Waals surface area contributed by atoms with Gasteiger partial charge in [0.25, 0.3) is 11.5 Å². The average molecular weight is 1070 g/mol. The van der Waals surface area contributed by atoms with Crippen LogP contribution in [0.5, 0.6) is 0 Å². The molecule has 0 fully saturated rings. The molecule has 0 spiro atoms. The second-order valence-electron chi connectivity index (χ2n) is 12.8. The van der Waals surface area contributed by atoms with Crippen molar-refractivity contribution in [2.75, 3.05) is 33.5 Å². The average Bonchev–Trinajstić information content (AvgIpc) is 3.32. The van der Waals surface area contributed by atoms with Crippen molar-refractivity contribution in [2.24, 2.45) is 47.9 Å². The summed E-state index contributed by atoms with van der Waals surface area (Å²) in [5, 5.41) is 71.4. The van der Waals surface area contributed by atoms with Gasteiger partial charge in [0.05, 0.1) is 56.2 Å². The third-order valence-corrected chi connectivity index (χ3v) is 8.81. The minimum absolute atomic E-state index is 0. The maximum absolute atomic E-state index is 9.26. The van der Waals surface area contributed by atoms with Gasteiger partial charge in [0.15, 0.2) is 17.2 Å². The first-order chi connectivity index (χ1) is 31.6. The topological polar surface area (TPSA) is 281 Å². The smallest absolute Gasteiger partial charge is 0.350 e. The lowest BCUT2D eigenvalue weighted by molar-refractivity contribution is -0.685. The maximum Gasteiger partial charge on any atom is 0.350 e. The van der Waals surface area contributed by atoms with Gasteiger partial charge in [-0.15, -0.1) is 20.4 Å². The van der Waals surface area contributed by atoms with Crippen molar-refractivity contribution in [1.29, 1.82) is 0 Å². The van der Waals surface area contributed by atoms with Crippen LogP contribution in [0.15, 0.2) is 187 Å². The molecule has 25 heteroatoms. The van der Waals surface area contributed by atoms with E-state index in [1.807, 2.05) is 128 Å². The first kappa shape index (κ1) is 56.8. The Kier molecular flexibility index (Phi) is 26.8. The fourth-order valence-corrected chi connectivity index (χ4v) is 5.31. The second-order valence-corrected chi connectivity index (χ2v) is 14.0. The Morgan fingerprint density at radius 2 is 1.10 bits per heavy atom. The van der Waals surface area contributed by atoms with Crippen molar-refractivity contribution >= 4 is 33.7 Å². The number of nitrogens with zero attached hydrogens (tertiary/aromatic N) is 14. The minimum Gasteiger partial charge on any atom is -1.00 e. The molecule has 0 amide bonds. The number of amidine groups is 2. The molecule has 6 rings (SSSR count). The molecule has 0 atom stereocenters. The number of hydrogen-bond acceptors (Lipinski definition) is 15. The Hall–Kier alpha value is -6.29. The van der Waals surface area contributed by atoms with Crippen molar-refractivity contribution in [3.05, 3.63) is 169 Å². The molecule has 6 aromatic heterocycles. The monoisotopic (exact) mass is 1070 g/mol. The Morgan fingerprint density at radius 3 is 1.57 bits per heavy atom. The van der Waals surface area contributed by atoms with Crippen molar-refractivity contribution < 1.29 is 85.2 Å². The minimum atomic E-state index is -4.41. The highest BCUT2D eigenvalue weighted by Gasteiger charge is 2.18. The van der Waals surface area contributed by atoms with Gasteiger partial charge in [-0.2, -0.15) is 4.57 Å². The SMILES string of the molecule is COS(=O)(=O)[O-].C[n+]1ccccc1/C(N=Nc1cccc[n+]1CCO)=N\N=c1/ccccn1CCO.OCCn1ccccc1=NN=C(N=Nc1cccc[n+]1CCO)c1ccccn1.[Br-].[Br-]. The number of pyridine rings is 6. The van der Waals surface area contributed by atoms with Gasteiger partial charge in [-0.1, -0.05) is 30.3 Å². The molecule has 0 aromatic carbocycles. The zero-order valence-electron chi connectivity index (χ0n) is 36.4. The summed E-state index contributed by atoms with van der Waals surface area (Å²) in [6.45, 7) is 1.62. The quantitative estimate of drug-likeness (QED) is 0.0146. The Labute approximate surface area is 407 Å². The zero-order chi connectivity index (χ0) is 46.7. The number of halogens is 2. The van der Waals surface area contributed by atoms with E-state index in [1.165, 1.54) is 0 Å². The molecule has 0 unspecified atom stereocenters. The van der Waals surface area contributed by atoms with Crippen molar-refractivity contribution in [3.63, 3.8) is 0 Å². The van der Waals surface area contributed by atoms with Gasteiger partial charge >= 0.3 is 11.6 Å². The van der Waals surface area contributed by atoms with E-state index in [4.69, 9.17) is 0 Å². The summed E-state index contributed by atoms with van der Waals surface area (Å²) in [7, 11) is -1.71. The van der Waals surface area contributed by atoms with Gasteiger partial charge < -0.3 is 68.1 Å². The summed E-state index contributed by atoms with van der Waals surface area (Å²) in [6.07, 6.45) is 10.8. The standard InChI is InChI=1S/C21H25N7O2.C20H22N7O2.CH4O4S.2BrH/c1-26-11-5-2-8-18(26)21(24-22-19-9-3-6-12-27(19)14-16-29)25-23-20-10-4-7-13-28(20)15-17-30;28-15-13-26-11-5-2-8-18(26)22-24-20(17-7-1-4-10-21-17)25-23-19-9-3-6-12-27(19)14-16-29;1-5-6(2,3)4;;/h2-13,29-30H,14-17H2,1H3;1-12,28-29H,13-16H2;1H3,(H,2,3,4);2*1H/q+2;+1;;;/p-3. The van der Waals surface area contributed by atoms with Crippen LogP contribution in [0.3, 0.4) is 0 Å². The van der Waals surface area contributed by atoms with Crippen molar-refractivity contribution in [3.8, 4) is 0 Å². The number of rotatable bonds is 15. The van der Waals surface area contributed by atoms with Crippen LogP contribution in [-0.4, -0.2) is 92.7 Å². The highest BCUT2D eigenvalue weighted by atomic mass is 79.9. The van der Waals surface area contributed by atoms with Crippen molar-refractivity contribution in [1.82, 2.24) is 14.1 Å². The first-order valence-corrected chi connectivity index (χ1v) is 21.1. The van der Waals surface area contributed by atoms with E-state index >= 15 is 0 Å². The van der Waals surface area contributed by atoms with Gasteiger partial charge in [0, 0.05) is 55.9 Å². The molecule has 0 saturated carbocycles. The molecular formula is C42H50Br2N14O8S. The molecule has 22 nitrogen and oxygen atoms in total. The van der Waals surface area contributed by atoms with Crippen LogP contribution < -0.4 is 58.6 Å². The predicted molar refractivity (Wildman–Crippen MR) is 232 cm³/mol. The van der Waals surface area contributed by atoms with Crippen LogP contribution in [0.1, 0.15) is 11.4 Å². The molecule has 356 valence electrons. The molecule has 0 aliphatic rings. The number of azo groups is 2. The lowest BCUT2D eigenvalue weighted by atomic mass is 10.3. The van der Waals surface area contributed by atoms with Crippen LogP contribution in [0.4, 0.5) is 11.6 Å². The fourth-order valence-electron chi connectivity index (χ4n) is 5.31. The Morgan fingerprint density at radius 1 is 0.642 bits per heavy atom. The van der Waals surface area contributed by atoms with Crippen LogP contribution in [0.25, 0.3) is 0 Å². The van der Waals surface area contributed by atoms with E-state index < -0.39 is 10.4 Å². The largest absolute Gasteiger partial charge is 1.00 e. The summed E-state index contributed by atoms with van der Waals surface area (Å²) >= 11 is 0. The van der Waals surface area contributed by atoms with E-state index in [0.717, 1.165) is 12.8 Å². The lowest BCUT2D eigenvalue weighted by Gasteiger charge is -2.03. The Balaban J connectivity index is 0.000000400. The van der Waals surface area contributed by atoms with Crippen LogP contribution in [0, 0.1) is 0 Å². The van der Waals surface area contributed by atoms with E-state index in [-0.39, 0.29) is 66.2 Å². The van der Waals surface area contributed by atoms with Gasteiger partial charge in [-0.3, -0.25) is 9.17 Å². The van der Waals surface area contributed by atoms with E-state index in [2.05, 4.69) is 50.0 Å². The number of aliphatic hydroxyl groups is 4. The molecule has 0 radical (unpaired) electrons. The predicted octanol–water partition coefficient (Wildman–Crippen LogP) is -5.07. The fraction of sp³-hybridized carbons (Fsp3) is 0.238. The molecule has 6 aromatic rings. The first-order valence-electron chi connectivity index (χ1n) is 19.8. The van der Waals surface area contributed by atoms with Crippen LogP contribution in [0.2, 0.25) is 0 Å².